The molecule has 1 N–H and O–H groups in total. The highest BCUT2D eigenvalue weighted by Crippen LogP contribution is 2.17. The number of nitrogens with zero attached hydrogens (tertiary/aromatic N) is 3. The lowest BCUT2D eigenvalue weighted by molar-refractivity contribution is -0.120. The van der Waals surface area contributed by atoms with Gasteiger partial charge in [0, 0.05) is 23.9 Å². The summed E-state index contributed by atoms with van der Waals surface area (Å²) in [5, 5.41) is 11.1. The molecule has 0 aliphatic carbocycles. The highest BCUT2D eigenvalue weighted by Gasteiger charge is 2.13. The topological polar surface area (TPSA) is 73.0 Å². The second-order valence-corrected chi connectivity index (χ2v) is 5.69. The van der Waals surface area contributed by atoms with E-state index < -0.39 is 0 Å². The second-order valence-electron chi connectivity index (χ2n) is 5.69. The summed E-state index contributed by atoms with van der Waals surface area (Å²) >= 11 is 0. The summed E-state index contributed by atoms with van der Waals surface area (Å²) in [5.41, 5.74) is 3.82. The van der Waals surface area contributed by atoms with Crippen LogP contribution in [0.25, 0.3) is 11.1 Å². The van der Waals surface area contributed by atoms with Crippen molar-refractivity contribution in [2.45, 2.75) is 26.8 Å². The van der Waals surface area contributed by atoms with E-state index in [1.54, 1.807) is 0 Å². The fourth-order valence-electron chi connectivity index (χ4n) is 2.55. The summed E-state index contributed by atoms with van der Waals surface area (Å²) in [6.07, 6.45) is 4.10. The third kappa shape index (κ3) is 3.71. The summed E-state index contributed by atoms with van der Waals surface area (Å²) in [6, 6.07) is 10.1. The lowest BCUT2D eigenvalue weighted by Gasteiger charge is -2.05. The maximum atomic E-state index is 12.0. The van der Waals surface area contributed by atoms with Crippen molar-refractivity contribution in [3.05, 3.63) is 59.7 Å². The van der Waals surface area contributed by atoms with E-state index in [4.69, 9.17) is 4.52 Å². The second kappa shape index (κ2) is 7.12. The Hall–Kier alpha value is -2.89. The monoisotopic (exact) mass is 324 g/mol. The van der Waals surface area contributed by atoms with Crippen molar-refractivity contribution < 1.29 is 9.32 Å². The van der Waals surface area contributed by atoms with Gasteiger partial charge in [0.05, 0.1) is 24.9 Å². The van der Waals surface area contributed by atoms with Crippen LogP contribution in [0.2, 0.25) is 0 Å². The van der Waals surface area contributed by atoms with Crippen molar-refractivity contribution in [3.63, 3.8) is 0 Å². The zero-order valence-electron chi connectivity index (χ0n) is 13.8. The van der Waals surface area contributed by atoms with Crippen molar-refractivity contribution in [3.8, 4) is 11.1 Å². The van der Waals surface area contributed by atoms with Gasteiger partial charge in [0.15, 0.2) is 0 Å². The predicted octanol–water partition coefficient (Wildman–Crippen LogP) is 2.51. The van der Waals surface area contributed by atoms with Crippen molar-refractivity contribution >= 4 is 5.91 Å². The minimum atomic E-state index is -0.0418. The number of aryl methyl sites for hydroxylation is 2. The molecule has 0 saturated heterocycles. The molecule has 6 nitrogen and oxygen atoms in total. The number of rotatable bonds is 6. The van der Waals surface area contributed by atoms with Gasteiger partial charge in [0.2, 0.25) is 5.91 Å². The van der Waals surface area contributed by atoms with Gasteiger partial charge in [0.1, 0.15) is 5.76 Å². The smallest absolute Gasteiger partial charge is 0.224 e. The van der Waals surface area contributed by atoms with Crippen LogP contribution in [0.3, 0.4) is 0 Å². The first kappa shape index (κ1) is 16.0. The normalized spacial score (nSPS) is 10.8. The molecule has 1 amide bonds. The van der Waals surface area contributed by atoms with Gasteiger partial charge in [-0.2, -0.15) is 5.10 Å². The summed E-state index contributed by atoms with van der Waals surface area (Å²) in [5.74, 6) is 0.655. The Morgan fingerprint density at radius 3 is 2.71 bits per heavy atom. The van der Waals surface area contributed by atoms with Crippen LogP contribution in [0, 0.1) is 13.8 Å². The SMILES string of the molecule is Cc1noc(C)c1CC(=O)NCCn1cc(-c2ccccc2)cn1. The summed E-state index contributed by atoms with van der Waals surface area (Å²) < 4.78 is 6.90. The van der Waals surface area contributed by atoms with Crippen molar-refractivity contribution in [1.29, 1.82) is 0 Å². The highest BCUT2D eigenvalue weighted by molar-refractivity contribution is 5.78. The lowest BCUT2D eigenvalue weighted by atomic mass is 10.1. The zero-order valence-corrected chi connectivity index (χ0v) is 13.8. The number of hydrogen-bond donors (Lipinski definition) is 1. The Balaban J connectivity index is 1.50. The maximum Gasteiger partial charge on any atom is 0.224 e. The number of hydrogen-bond acceptors (Lipinski definition) is 4. The molecular formula is C18H20N4O2. The molecule has 0 aliphatic rings. The molecule has 0 unspecified atom stereocenters. The molecule has 0 fully saturated rings. The molecule has 0 aliphatic heterocycles. The van der Waals surface area contributed by atoms with Crippen LogP contribution < -0.4 is 5.32 Å². The fraction of sp³-hybridized carbons (Fsp3) is 0.278. The molecule has 0 saturated carbocycles. The van der Waals surface area contributed by atoms with Crippen LogP contribution in [0.15, 0.2) is 47.2 Å². The minimum Gasteiger partial charge on any atom is -0.361 e. The van der Waals surface area contributed by atoms with E-state index in [9.17, 15) is 4.79 Å². The van der Waals surface area contributed by atoms with E-state index >= 15 is 0 Å². The van der Waals surface area contributed by atoms with E-state index in [-0.39, 0.29) is 12.3 Å². The number of nitrogens with one attached hydrogen (secondary N) is 1. The highest BCUT2D eigenvalue weighted by atomic mass is 16.5. The van der Waals surface area contributed by atoms with Crippen LogP contribution in [-0.2, 0) is 17.8 Å². The molecule has 24 heavy (non-hydrogen) atoms. The van der Waals surface area contributed by atoms with Gasteiger partial charge < -0.3 is 9.84 Å². The van der Waals surface area contributed by atoms with Crippen LogP contribution in [0.5, 0.6) is 0 Å². The van der Waals surface area contributed by atoms with E-state index in [0.29, 0.717) is 18.8 Å². The largest absolute Gasteiger partial charge is 0.361 e. The molecule has 0 bridgehead atoms. The van der Waals surface area contributed by atoms with Gasteiger partial charge in [-0.3, -0.25) is 9.48 Å². The average molecular weight is 324 g/mol. The predicted molar refractivity (Wildman–Crippen MR) is 90.4 cm³/mol. The van der Waals surface area contributed by atoms with Crippen molar-refractivity contribution in [1.82, 2.24) is 20.3 Å². The average Bonchev–Trinajstić information content (AvgIpc) is 3.18. The minimum absolute atomic E-state index is 0.0418. The molecule has 0 radical (unpaired) electrons. The number of carbonyl (C=O) groups is 1. The number of amides is 1. The fourth-order valence-corrected chi connectivity index (χ4v) is 2.55. The molecular weight excluding hydrogens is 304 g/mol. The first-order valence-corrected chi connectivity index (χ1v) is 7.90. The molecule has 6 heteroatoms. The Morgan fingerprint density at radius 1 is 1.21 bits per heavy atom. The molecule has 1 aromatic carbocycles. The van der Waals surface area contributed by atoms with Crippen molar-refractivity contribution in [2.24, 2.45) is 0 Å². The maximum absolute atomic E-state index is 12.0. The zero-order chi connectivity index (χ0) is 16.9. The molecule has 2 heterocycles. The molecule has 3 rings (SSSR count). The van der Waals surface area contributed by atoms with Gasteiger partial charge in [-0.1, -0.05) is 35.5 Å². The summed E-state index contributed by atoms with van der Waals surface area (Å²) in [7, 11) is 0. The number of benzene rings is 1. The molecule has 0 spiro atoms. The summed E-state index contributed by atoms with van der Waals surface area (Å²) in [6.45, 7) is 4.81. The first-order valence-electron chi connectivity index (χ1n) is 7.90. The number of aromatic nitrogens is 3. The van der Waals surface area contributed by atoms with Crippen LogP contribution in [-0.4, -0.2) is 27.4 Å². The van der Waals surface area contributed by atoms with E-state index in [1.807, 2.05) is 61.3 Å². The van der Waals surface area contributed by atoms with Crippen LogP contribution in [0.4, 0.5) is 0 Å². The van der Waals surface area contributed by atoms with Gasteiger partial charge in [-0.25, -0.2) is 0 Å². The third-order valence-corrected chi connectivity index (χ3v) is 3.92. The molecule has 3 aromatic rings. The first-order chi connectivity index (χ1) is 11.6. The van der Waals surface area contributed by atoms with Gasteiger partial charge in [-0.05, 0) is 19.4 Å². The Morgan fingerprint density at radius 2 is 2.00 bits per heavy atom. The quantitative estimate of drug-likeness (QED) is 0.756. The van der Waals surface area contributed by atoms with Crippen molar-refractivity contribution in [2.75, 3.05) is 6.54 Å². The Labute approximate surface area is 140 Å². The van der Waals surface area contributed by atoms with Crippen LogP contribution >= 0.6 is 0 Å². The Bertz CT molecular complexity index is 801. The van der Waals surface area contributed by atoms with E-state index in [0.717, 1.165) is 22.4 Å². The lowest BCUT2D eigenvalue weighted by Crippen LogP contribution is -2.29. The van der Waals surface area contributed by atoms with Gasteiger partial charge in [-0.15, -0.1) is 0 Å². The molecule has 0 atom stereocenters. The Kier molecular flexibility index (Phi) is 4.74. The van der Waals surface area contributed by atoms with E-state index in [2.05, 4.69) is 15.6 Å². The standard InChI is InChI=1S/C18H20N4O2/c1-13-17(14(2)24-21-13)10-18(23)19-8-9-22-12-16(11-20-22)15-6-4-3-5-7-15/h3-7,11-12H,8-10H2,1-2H3,(H,19,23). The summed E-state index contributed by atoms with van der Waals surface area (Å²) in [4.78, 5) is 12.0. The molecule has 124 valence electrons. The van der Waals surface area contributed by atoms with Gasteiger partial charge >= 0.3 is 0 Å². The third-order valence-electron chi connectivity index (χ3n) is 3.92. The van der Waals surface area contributed by atoms with E-state index in [1.165, 1.54) is 0 Å². The van der Waals surface area contributed by atoms with Gasteiger partial charge in [0.25, 0.3) is 0 Å². The number of carbonyl (C=O) groups excluding carboxylic acids is 1. The van der Waals surface area contributed by atoms with Crippen LogP contribution in [0.1, 0.15) is 17.0 Å². The molecule has 2 aromatic heterocycles.